The number of piperazine rings is 1. The van der Waals surface area contributed by atoms with E-state index in [2.05, 4.69) is 21.0 Å². The van der Waals surface area contributed by atoms with Crippen LogP contribution in [0.5, 0.6) is 0 Å². The van der Waals surface area contributed by atoms with Crippen LogP contribution in [0.1, 0.15) is 66.9 Å². The lowest BCUT2D eigenvalue weighted by Gasteiger charge is -2.40. The summed E-state index contributed by atoms with van der Waals surface area (Å²) >= 11 is 1.66. The van der Waals surface area contributed by atoms with E-state index >= 15 is 0 Å². The van der Waals surface area contributed by atoms with Crippen LogP contribution in [0.3, 0.4) is 0 Å². The Morgan fingerprint density at radius 3 is 2.55 bits per heavy atom. The molecule has 172 valence electrons. The molecular weight excluding hydrogens is 432 g/mol. The number of amides is 1. The van der Waals surface area contributed by atoms with Gasteiger partial charge >= 0.3 is 0 Å². The van der Waals surface area contributed by atoms with Crippen LogP contribution >= 0.6 is 11.3 Å². The quantitative estimate of drug-likeness (QED) is 0.564. The van der Waals surface area contributed by atoms with Gasteiger partial charge in [-0.05, 0) is 43.2 Å². The van der Waals surface area contributed by atoms with E-state index in [0.29, 0.717) is 17.9 Å². The number of thiophene rings is 1. The Bertz CT molecular complexity index is 1110. The Hall–Kier alpha value is -2.58. The molecule has 0 aromatic carbocycles. The first kappa shape index (κ1) is 21.0. The summed E-state index contributed by atoms with van der Waals surface area (Å²) in [6.45, 7) is 3.56. The van der Waals surface area contributed by atoms with E-state index in [1.54, 1.807) is 28.4 Å². The monoisotopic (exact) mass is 462 g/mol. The molecule has 3 aliphatic rings. The number of nitrogens with zero attached hydrogens (tertiary/aromatic N) is 6. The van der Waals surface area contributed by atoms with Crippen LogP contribution in [-0.4, -0.2) is 67.7 Å². The van der Waals surface area contributed by atoms with E-state index in [-0.39, 0.29) is 5.91 Å². The van der Waals surface area contributed by atoms with Gasteiger partial charge < -0.3 is 4.90 Å². The maximum absolute atomic E-state index is 13.5. The van der Waals surface area contributed by atoms with Crippen molar-refractivity contribution < 1.29 is 4.79 Å². The largest absolute Gasteiger partial charge is 0.336 e. The number of carbonyl (C=O) groups excluding carboxylic acids is 1. The molecule has 3 aromatic heterocycles. The molecule has 3 fully saturated rings. The summed E-state index contributed by atoms with van der Waals surface area (Å²) in [5.74, 6) is 1.02. The highest BCUT2D eigenvalue weighted by atomic mass is 32.1. The highest BCUT2D eigenvalue weighted by molar-refractivity contribution is 7.13. The second kappa shape index (κ2) is 8.99. The lowest BCUT2D eigenvalue weighted by Crippen LogP contribution is -2.52. The molecular formula is C25H30N6OS. The minimum Gasteiger partial charge on any atom is -0.336 e. The third-order valence-electron chi connectivity index (χ3n) is 7.30. The number of carbonyl (C=O) groups is 1. The van der Waals surface area contributed by atoms with Crippen molar-refractivity contribution in [3.05, 3.63) is 47.2 Å². The number of aromatic nitrogens is 4. The highest BCUT2D eigenvalue weighted by Crippen LogP contribution is 2.42. The molecule has 0 unspecified atom stereocenters. The van der Waals surface area contributed by atoms with E-state index in [4.69, 9.17) is 4.98 Å². The zero-order chi connectivity index (χ0) is 22.2. The van der Waals surface area contributed by atoms with Crippen molar-refractivity contribution in [3.8, 4) is 16.5 Å². The minimum atomic E-state index is 0.112. The molecule has 0 atom stereocenters. The number of rotatable bonds is 5. The van der Waals surface area contributed by atoms with E-state index in [1.807, 2.05) is 22.4 Å². The van der Waals surface area contributed by atoms with Crippen LogP contribution in [0.4, 0.5) is 0 Å². The summed E-state index contributed by atoms with van der Waals surface area (Å²) in [4.78, 5) is 28.6. The van der Waals surface area contributed by atoms with Gasteiger partial charge in [-0.15, -0.1) is 11.3 Å². The van der Waals surface area contributed by atoms with Gasteiger partial charge in [-0.25, -0.2) is 14.6 Å². The summed E-state index contributed by atoms with van der Waals surface area (Å²) in [6, 6.07) is 6.72. The average molecular weight is 463 g/mol. The molecule has 1 aliphatic heterocycles. The zero-order valence-corrected chi connectivity index (χ0v) is 19.7. The van der Waals surface area contributed by atoms with Crippen LogP contribution in [-0.2, 0) is 0 Å². The fourth-order valence-electron chi connectivity index (χ4n) is 5.35. The number of hydrogen-bond donors (Lipinski definition) is 0. The Morgan fingerprint density at radius 1 is 1.00 bits per heavy atom. The first-order chi connectivity index (χ1) is 16.3. The standard InChI is InChI=1S/C25H30N6OS/c32-24(30-14-12-29(13-15-30)19-5-2-1-3-6-19)20-17-27-31(23(20)18-8-9-18)25-26-11-10-21(28-25)22-7-4-16-33-22/h4,7,10-11,16-19H,1-3,5-6,8-9,12-15H2. The van der Waals surface area contributed by atoms with E-state index < -0.39 is 0 Å². The topological polar surface area (TPSA) is 67.2 Å². The molecule has 1 amide bonds. The normalized spacial score (nSPS) is 20.3. The van der Waals surface area contributed by atoms with Crippen molar-refractivity contribution in [2.45, 2.75) is 56.9 Å². The smallest absolute Gasteiger partial charge is 0.257 e. The lowest BCUT2D eigenvalue weighted by atomic mass is 9.94. The van der Waals surface area contributed by atoms with Gasteiger partial charge in [0.2, 0.25) is 0 Å². The van der Waals surface area contributed by atoms with Gasteiger partial charge in [-0.3, -0.25) is 9.69 Å². The predicted molar refractivity (Wildman–Crippen MR) is 129 cm³/mol. The first-order valence-electron chi connectivity index (χ1n) is 12.3. The summed E-state index contributed by atoms with van der Waals surface area (Å²) in [5.41, 5.74) is 2.60. The van der Waals surface area contributed by atoms with Gasteiger partial charge in [-0.1, -0.05) is 25.3 Å². The third-order valence-corrected chi connectivity index (χ3v) is 8.19. The van der Waals surface area contributed by atoms with E-state index in [0.717, 1.165) is 60.8 Å². The van der Waals surface area contributed by atoms with Crippen LogP contribution in [0.25, 0.3) is 16.5 Å². The Balaban J connectivity index is 1.22. The third kappa shape index (κ3) is 4.22. The molecule has 6 rings (SSSR count). The Labute approximate surface area is 198 Å². The van der Waals surface area contributed by atoms with Gasteiger partial charge in [0.25, 0.3) is 11.9 Å². The van der Waals surface area contributed by atoms with Crippen LogP contribution < -0.4 is 0 Å². The van der Waals surface area contributed by atoms with Crippen molar-refractivity contribution in [2.24, 2.45) is 0 Å². The first-order valence-corrected chi connectivity index (χ1v) is 13.1. The molecule has 2 aliphatic carbocycles. The van der Waals surface area contributed by atoms with Crippen molar-refractivity contribution in [3.63, 3.8) is 0 Å². The summed E-state index contributed by atoms with van der Waals surface area (Å²) in [7, 11) is 0. The molecule has 7 nitrogen and oxygen atoms in total. The van der Waals surface area contributed by atoms with Crippen molar-refractivity contribution in [1.82, 2.24) is 29.5 Å². The van der Waals surface area contributed by atoms with Gasteiger partial charge in [0.15, 0.2) is 0 Å². The summed E-state index contributed by atoms with van der Waals surface area (Å²) < 4.78 is 1.81. The van der Waals surface area contributed by atoms with Gasteiger partial charge in [0, 0.05) is 44.3 Å². The molecule has 0 bridgehead atoms. The van der Waals surface area contributed by atoms with Gasteiger partial charge in [-0.2, -0.15) is 5.10 Å². The van der Waals surface area contributed by atoms with Crippen molar-refractivity contribution in [2.75, 3.05) is 26.2 Å². The number of hydrogen-bond acceptors (Lipinski definition) is 6. The van der Waals surface area contributed by atoms with Gasteiger partial charge in [0.05, 0.1) is 28.0 Å². The molecule has 33 heavy (non-hydrogen) atoms. The fraction of sp³-hybridized carbons (Fsp3) is 0.520. The molecule has 0 N–H and O–H groups in total. The van der Waals surface area contributed by atoms with Crippen LogP contribution in [0.15, 0.2) is 36.0 Å². The second-order valence-electron chi connectivity index (χ2n) is 9.47. The highest BCUT2D eigenvalue weighted by Gasteiger charge is 2.36. The molecule has 1 saturated heterocycles. The average Bonchev–Trinajstić information content (AvgIpc) is 3.38. The molecule has 8 heteroatoms. The maximum atomic E-state index is 13.5. The second-order valence-corrected chi connectivity index (χ2v) is 10.4. The lowest BCUT2D eigenvalue weighted by molar-refractivity contribution is 0.0522. The minimum absolute atomic E-state index is 0.112. The molecule has 2 saturated carbocycles. The summed E-state index contributed by atoms with van der Waals surface area (Å²) in [6.07, 6.45) is 12.4. The van der Waals surface area contributed by atoms with Crippen molar-refractivity contribution in [1.29, 1.82) is 0 Å². The predicted octanol–water partition coefficient (Wildman–Crippen LogP) is 4.36. The summed E-state index contributed by atoms with van der Waals surface area (Å²) in [5, 5.41) is 6.66. The zero-order valence-electron chi connectivity index (χ0n) is 18.9. The van der Waals surface area contributed by atoms with Gasteiger partial charge in [0.1, 0.15) is 0 Å². The van der Waals surface area contributed by atoms with E-state index in [1.165, 1.54) is 32.1 Å². The molecule has 4 heterocycles. The molecule has 0 spiro atoms. The molecule has 3 aromatic rings. The van der Waals surface area contributed by atoms with Crippen molar-refractivity contribution >= 4 is 17.2 Å². The SMILES string of the molecule is O=C(c1cnn(-c2nccc(-c3cccs3)n2)c1C1CC1)N1CCN(C2CCCCC2)CC1. The molecule has 0 radical (unpaired) electrons. The van der Waals surface area contributed by atoms with Crippen LogP contribution in [0, 0.1) is 0 Å². The maximum Gasteiger partial charge on any atom is 0.257 e. The fourth-order valence-corrected chi connectivity index (χ4v) is 6.05. The Morgan fingerprint density at radius 2 is 1.82 bits per heavy atom. The Kier molecular flexibility index (Phi) is 5.72. The van der Waals surface area contributed by atoms with E-state index in [9.17, 15) is 4.79 Å². The van der Waals surface area contributed by atoms with Crippen LogP contribution in [0.2, 0.25) is 0 Å².